The Balaban J connectivity index is 2.09. The fourth-order valence-electron chi connectivity index (χ4n) is 2.37. The van der Waals surface area contributed by atoms with Crippen molar-refractivity contribution in [2.45, 2.75) is 20.3 Å². The molecule has 0 saturated carbocycles. The highest BCUT2D eigenvalue weighted by Crippen LogP contribution is 2.26. The van der Waals surface area contributed by atoms with Crippen molar-refractivity contribution in [2.24, 2.45) is 17.6 Å². The van der Waals surface area contributed by atoms with E-state index in [1.165, 1.54) is 0 Å². The van der Waals surface area contributed by atoms with E-state index in [9.17, 15) is 0 Å². The summed E-state index contributed by atoms with van der Waals surface area (Å²) < 4.78 is 5.39. The van der Waals surface area contributed by atoms with E-state index in [4.69, 9.17) is 10.5 Å². The molecule has 2 atom stereocenters. The number of ether oxygens (including phenoxy) is 1. The van der Waals surface area contributed by atoms with Crippen LogP contribution in [0.3, 0.4) is 0 Å². The van der Waals surface area contributed by atoms with Crippen LogP contribution < -0.4 is 15.4 Å². The second-order valence-electron chi connectivity index (χ2n) is 4.86. The molecule has 2 unspecified atom stereocenters. The summed E-state index contributed by atoms with van der Waals surface area (Å²) in [6.07, 6.45) is 4.61. The summed E-state index contributed by atoms with van der Waals surface area (Å²) in [7, 11) is 0. The summed E-state index contributed by atoms with van der Waals surface area (Å²) >= 11 is 0. The predicted molar refractivity (Wildman–Crippen MR) is 71.7 cm³/mol. The van der Waals surface area contributed by atoms with Crippen molar-refractivity contribution in [1.29, 1.82) is 0 Å². The van der Waals surface area contributed by atoms with E-state index in [0.717, 1.165) is 31.9 Å². The Hall–Kier alpha value is -1.36. The van der Waals surface area contributed by atoms with Gasteiger partial charge in [-0.3, -0.25) is 4.98 Å². The summed E-state index contributed by atoms with van der Waals surface area (Å²) in [5, 5.41) is 0. The summed E-state index contributed by atoms with van der Waals surface area (Å²) in [6.45, 7) is 7.54. The zero-order valence-corrected chi connectivity index (χ0v) is 11.2. The molecule has 1 aliphatic heterocycles. The van der Waals surface area contributed by atoms with Crippen LogP contribution in [0.4, 0.5) is 5.82 Å². The smallest absolute Gasteiger partial charge is 0.234 e. The molecule has 18 heavy (non-hydrogen) atoms. The number of nitrogens with two attached hydrogens (primary N) is 1. The first kappa shape index (κ1) is 13.1. The molecule has 2 heterocycles. The van der Waals surface area contributed by atoms with Crippen molar-refractivity contribution in [2.75, 3.05) is 31.1 Å². The maximum atomic E-state index is 5.82. The molecule has 2 rings (SSSR count). The monoisotopic (exact) mass is 250 g/mol. The molecule has 0 radical (unpaired) electrons. The van der Waals surface area contributed by atoms with Crippen LogP contribution in [0.15, 0.2) is 12.4 Å². The molecule has 0 amide bonds. The number of hydrogen-bond donors (Lipinski definition) is 1. The molecule has 0 aromatic carbocycles. The highest BCUT2D eigenvalue weighted by atomic mass is 16.5. The normalized spacial score (nSPS) is 24.1. The molecule has 0 spiro atoms. The first-order valence-corrected chi connectivity index (χ1v) is 6.64. The predicted octanol–water partition coefficient (Wildman–Crippen LogP) is 1.30. The van der Waals surface area contributed by atoms with Gasteiger partial charge in [-0.15, -0.1) is 0 Å². The maximum absolute atomic E-state index is 5.82. The molecular formula is C13H22N4O. The SMILES string of the molecule is CCOc1cncc(N2CCC(C)C(CN)C2)n1. The molecule has 5 heteroatoms. The molecule has 100 valence electrons. The standard InChI is InChI=1S/C13H22N4O/c1-3-18-13-8-15-7-12(16-13)17-5-4-10(2)11(6-14)9-17/h7-8,10-11H,3-6,9,14H2,1-2H3. The molecule has 1 fully saturated rings. The van der Waals surface area contributed by atoms with Crippen molar-refractivity contribution >= 4 is 5.82 Å². The number of nitrogens with zero attached hydrogens (tertiary/aromatic N) is 3. The number of piperidine rings is 1. The van der Waals surface area contributed by atoms with E-state index in [2.05, 4.69) is 21.8 Å². The van der Waals surface area contributed by atoms with Gasteiger partial charge in [0.2, 0.25) is 5.88 Å². The van der Waals surface area contributed by atoms with Gasteiger partial charge in [-0.1, -0.05) is 6.92 Å². The van der Waals surface area contributed by atoms with Crippen molar-refractivity contribution in [1.82, 2.24) is 9.97 Å². The number of aromatic nitrogens is 2. The Morgan fingerprint density at radius 1 is 1.50 bits per heavy atom. The summed E-state index contributed by atoms with van der Waals surface area (Å²) in [6, 6.07) is 0. The van der Waals surface area contributed by atoms with Crippen LogP contribution in [0.1, 0.15) is 20.3 Å². The van der Waals surface area contributed by atoms with Gasteiger partial charge in [-0.2, -0.15) is 4.98 Å². The molecular weight excluding hydrogens is 228 g/mol. The third-order valence-corrected chi connectivity index (χ3v) is 3.63. The lowest BCUT2D eigenvalue weighted by atomic mass is 9.87. The quantitative estimate of drug-likeness (QED) is 0.872. The van der Waals surface area contributed by atoms with Gasteiger partial charge in [-0.05, 0) is 31.7 Å². The zero-order valence-electron chi connectivity index (χ0n) is 11.2. The second-order valence-corrected chi connectivity index (χ2v) is 4.86. The van der Waals surface area contributed by atoms with E-state index in [0.29, 0.717) is 24.3 Å². The van der Waals surface area contributed by atoms with E-state index in [1.54, 1.807) is 12.4 Å². The van der Waals surface area contributed by atoms with E-state index in [-0.39, 0.29) is 0 Å². The average molecular weight is 250 g/mol. The minimum atomic E-state index is 0.538. The van der Waals surface area contributed by atoms with Gasteiger partial charge >= 0.3 is 0 Å². The van der Waals surface area contributed by atoms with E-state index >= 15 is 0 Å². The van der Waals surface area contributed by atoms with Crippen LogP contribution in [0.5, 0.6) is 5.88 Å². The summed E-state index contributed by atoms with van der Waals surface area (Å²) in [5.74, 6) is 2.72. The first-order chi connectivity index (χ1) is 8.74. The van der Waals surface area contributed by atoms with Gasteiger partial charge < -0.3 is 15.4 Å². The van der Waals surface area contributed by atoms with Crippen LogP contribution in [0.2, 0.25) is 0 Å². The van der Waals surface area contributed by atoms with E-state index < -0.39 is 0 Å². The first-order valence-electron chi connectivity index (χ1n) is 6.64. The van der Waals surface area contributed by atoms with Gasteiger partial charge in [0.15, 0.2) is 5.82 Å². The van der Waals surface area contributed by atoms with Crippen LogP contribution in [-0.4, -0.2) is 36.2 Å². The third-order valence-electron chi connectivity index (χ3n) is 3.63. The third kappa shape index (κ3) is 2.90. The minimum absolute atomic E-state index is 0.538. The van der Waals surface area contributed by atoms with Gasteiger partial charge in [0.25, 0.3) is 0 Å². The van der Waals surface area contributed by atoms with Crippen LogP contribution in [0, 0.1) is 11.8 Å². The highest BCUT2D eigenvalue weighted by Gasteiger charge is 2.26. The van der Waals surface area contributed by atoms with Gasteiger partial charge in [0.05, 0.1) is 19.0 Å². The topological polar surface area (TPSA) is 64.3 Å². The maximum Gasteiger partial charge on any atom is 0.234 e. The summed E-state index contributed by atoms with van der Waals surface area (Å²) in [5.41, 5.74) is 5.82. The van der Waals surface area contributed by atoms with Crippen LogP contribution in [0.25, 0.3) is 0 Å². The van der Waals surface area contributed by atoms with Crippen molar-refractivity contribution < 1.29 is 4.74 Å². The Morgan fingerprint density at radius 2 is 2.33 bits per heavy atom. The number of hydrogen-bond acceptors (Lipinski definition) is 5. The Labute approximate surface area is 108 Å². The van der Waals surface area contributed by atoms with Crippen molar-refractivity contribution in [3.05, 3.63) is 12.4 Å². The average Bonchev–Trinajstić information content (AvgIpc) is 2.40. The molecule has 1 aromatic heterocycles. The Morgan fingerprint density at radius 3 is 3.06 bits per heavy atom. The Kier molecular flexibility index (Phi) is 4.36. The fourth-order valence-corrected chi connectivity index (χ4v) is 2.37. The van der Waals surface area contributed by atoms with Crippen molar-refractivity contribution in [3.8, 4) is 5.88 Å². The number of anilines is 1. The zero-order chi connectivity index (χ0) is 13.0. The molecule has 0 bridgehead atoms. The van der Waals surface area contributed by atoms with Gasteiger partial charge in [-0.25, -0.2) is 0 Å². The molecule has 0 aliphatic carbocycles. The lowest BCUT2D eigenvalue weighted by Gasteiger charge is -2.37. The highest BCUT2D eigenvalue weighted by molar-refractivity contribution is 5.38. The molecule has 2 N–H and O–H groups in total. The minimum Gasteiger partial charge on any atom is -0.477 e. The fraction of sp³-hybridized carbons (Fsp3) is 0.692. The Bertz CT molecular complexity index is 385. The summed E-state index contributed by atoms with van der Waals surface area (Å²) in [4.78, 5) is 10.9. The molecule has 1 saturated heterocycles. The lowest BCUT2D eigenvalue weighted by Crippen LogP contribution is -2.43. The van der Waals surface area contributed by atoms with Gasteiger partial charge in [0.1, 0.15) is 0 Å². The van der Waals surface area contributed by atoms with Crippen molar-refractivity contribution in [3.63, 3.8) is 0 Å². The van der Waals surface area contributed by atoms with Crippen LogP contribution in [-0.2, 0) is 0 Å². The number of rotatable bonds is 4. The van der Waals surface area contributed by atoms with Gasteiger partial charge in [0, 0.05) is 13.1 Å². The molecule has 1 aromatic rings. The molecule has 1 aliphatic rings. The lowest BCUT2D eigenvalue weighted by molar-refractivity contribution is 0.303. The van der Waals surface area contributed by atoms with Crippen LogP contribution >= 0.6 is 0 Å². The van der Waals surface area contributed by atoms with E-state index in [1.807, 2.05) is 6.92 Å². The second kappa shape index (κ2) is 6.00. The largest absolute Gasteiger partial charge is 0.477 e. The molecule has 5 nitrogen and oxygen atoms in total.